The summed E-state index contributed by atoms with van der Waals surface area (Å²) >= 11 is 11.6. The molecule has 0 radical (unpaired) electrons. The van der Waals surface area contributed by atoms with Crippen LogP contribution < -0.4 is 3.71 Å². The predicted octanol–water partition coefficient (Wildman–Crippen LogP) is 3.80. The lowest BCUT2D eigenvalue weighted by atomic mass is 10.1. The van der Waals surface area contributed by atoms with Crippen molar-refractivity contribution < 1.29 is 30.0 Å². The maximum Gasteiger partial charge on any atom is 0.419 e. The van der Waals surface area contributed by atoms with Gasteiger partial charge >= 0.3 is 6.18 Å². The number of pyridine rings is 1. The van der Waals surface area contributed by atoms with Crippen LogP contribution in [0.3, 0.4) is 0 Å². The molecule has 0 saturated heterocycles. The molecule has 0 amide bonds. The van der Waals surface area contributed by atoms with Crippen LogP contribution in [0.4, 0.5) is 18.9 Å². The number of hydrogen-bond donors (Lipinski definition) is 0. The average Bonchev–Trinajstić information content (AvgIpc) is 2.46. The van der Waals surface area contributed by atoms with Crippen LogP contribution in [0.1, 0.15) is 5.56 Å². The summed E-state index contributed by atoms with van der Waals surface area (Å²) in [5.74, 6) is 0. The molecule has 13 heteroatoms. The van der Waals surface area contributed by atoms with E-state index in [2.05, 4.69) is 4.98 Å². The number of benzene rings is 1. The number of halogens is 5. The second-order valence-corrected chi connectivity index (χ2v) is 10.1. The third kappa shape index (κ3) is 4.65. The summed E-state index contributed by atoms with van der Waals surface area (Å²) in [6.45, 7) is 0. The zero-order valence-corrected chi connectivity index (χ0v) is 16.8. The molecule has 0 aliphatic rings. The Balaban J connectivity index is 2.68. The second kappa shape index (κ2) is 7.12. The van der Waals surface area contributed by atoms with Crippen molar-refractivity contribution in [1.82, 2.24) is 4.98 Å². The molecule has 1 aromatic heterocycles. The fourth-order valence-electron chi connectivity index (χ4n) is 2.26. The van der Waals surface area contributed by atoms with Crippen LogP contribution in [0, 0.1) is 0 Å². The highest BCUT2D eigenvalue weighted by molar-refractivity contribution is 8.09. The first-order valence-electron chi connectivity index (χ1n) is 6.86. The molecule has 6 nitrogen and oxygen atoms in total. The Labute approximate surface area is 163 Å². The first-order chi connectivity index (χ1) is 12.1. The van der Waals surface area contributed by atoms with Crippen molar-refractivity contribution in [3.05, 3.63) is 46.1 Å². The number of hydrogen-bond acceptors (Lipinski definition) is 5. The lowest BCUT2D eigenvalue weighted by molar-refractivity contribution is -0.137. The van der Waals surface area contributed by atoms with Gasteiger partial charge in [0, 0.05) is 11.8 Å². The molecule has 1 aromatic carbocycles. The third-order valence-electron chi connectivity index (χ3n) is 3.20. The van der Waals surface area contributed by atoms with E-state index >= 15 is 0 Å². The van der Waals surface area contributed by atoms with E-state index in [-0.39, 0.29) is 20.7 Å². The maximum atomic E-state index is 12.9. The summed E-state index contributed by atoms with van der Waals surface area (Å²) in [7, 11) is -8.40. The Morgan fingerprint density at radius 2 is 1.56 bits per heavy atom. The van der Waals surface area contributed by atoms with Crippen molar-refractivity contribution in [2.75, 3.05) is 16.2 Å². The number of nitrogens with zero attached hydrogens (tertiary/aromatic N) is 2. The first kappa shape index (κ1) is 21.7. The topological polar surface area (TPSA) is 84.4 Å². The van der Waals surface area contributed by atoms with Crippen molar-refractivity contribution in [3.63, 3.8) is 0 Å². The van der Waals surface area contributed by atoms with Gasteiger partial charge in [0.1, 0.15) is 0 Å². The van der Waals surface area contributed by atoms with Gasteiger partial charge in [0.05, 0.1) is 39.5 Å². The van der Waals surface area contributed by atoms with Crippen LogP contribution in [-0.4, -0.2) is 34.3 Å². The fourth-order valence-corrected chi connectivity index (χ4v) is 5.72. The molecule has 0 aliphatic heterocycles. The van der Waals surface area contributed by atoms with Gasteiger partial charge in [-0.3, -0.25) is 4.98 Å². The molecule has 2 aromatic rings. The average molecular weight is 463 g/mol. The summed E-state index contributed by atoms with van der Waals surface area (Å²) in [5.41, 5.74) is -1.58. The number of aromatic nitrogens is 1. The van der Waals surface area contributed by atoms with Crippen LogP contribution in [0.5, 0.6) is 0 Å². The zero-order valence-electron chi connectivity index (χ0n) is 13.6. The minimum absolute atomic E-state index is 0.0745. The number of anilines is 1. The Hall–Kier alpha value is -1.56. The van der Waals surface area contributed by atoms with E-state index in [0.29, 0.717) is 18.7 Å². The van der Waals surface area contributed by atoms with Crippen molar-refractivity contribution in [2.45, 2.75) is 6.18 Å². The molecule has 0 fully saturated rings. The summed E-state index contributed by atoms with van der Waals surface area (Å²) in [6.07, 6.45) is -2.89. The molecular formula is C14H11Cl2F3N2O4S2. The summed E-state index contributed by atoms with van der Waals surface area (Å²) < 4.78 is 86.2. The molecular weight excluding hydrogens is 452 g/mol. The van der Waals surface area contributed by atoms with Crippen molar-refractivity contribution >= 4 is 48.9 Å². The number of sulfonamides is 2. The van der Waals surface area contributed by atoms with E-state index in [9.17, 15) is 30.0 Å². The molecule has 2 rings (SSSR count). The maximum absolute atomic E-state index is 12.9. The molecule has 0 bridgehead atoms. The quantitative estimate of drug-likeness (QED) is 0.689. The van der Waals surface area contributed by atoms with Crippen LogP contribution >= 0.6 is 23.2 Å². The van der Waals surface area contributed by atoms with Gasteiger partial charge in [0.15, 0.2) is 0 Å². The van der Waals surface area contributed by atoms with E-state index in [0.717, 1.165) is 6.07 Å². The standard InChI is InChI=1S/C14H11Cl2F3N2O4S2/c1-26(22,23)21(27(2,24)25)9-5-3-4-8(6-9)13-12(16)11(15)10(7-20-13)14(17,18)19/h3-7H,1-2H3. The molecule has 0 atom stereocenters. The highest BCUT2D eigenvalue weighted by atomic mass is 35.5. The van der Waals surface area contributed by atoms with Crippen LogP contribution in [0.2, 0.25) is 10.0 Å². The minimum Gasteiger partial charge on any atom is -0.254 e. The van der Waals surface area contributed by atoms with E-state index in [1.807, 2.05) is 0 Å². The normalized spacial score (nSPS) is 12.9. The molecule has 1 heterocycles. The van der Waals surface area contributed by atoms with E-state index in [1.54, 1.807) is 0 Å². The Bertz CT molecular complexity index is 1070. The second-order valence-electron chi connectivity index (χ2n) is 5.42. The zero-order chi connectivity index (χ0) is 20.8. The molecule has 0 unspecified atom stereocenters. The summed E-state index contributed by atoms with van der Waals surface area (Å²) in [4.78, 5) is 3.65. The lowest BCUT2D eigenvalue weighted by Crippen LogP contribution is -2.35. The SMILES string of the molecule is CS(=O)(=O)N(c1cccc(-c2ncc(C(F)(F)F)c(Cl)c2Cl)c1)S(C)(=O)=O. The Kier molecular flexibility index (Phi) is 5.73. The minimum atomic E-state index is -4.77. The van der Waals surface area contributed by atoms with Crippen molar-refractivity contribution in [2.24, 2.45) is 0 Å². The number of alkyl halides is 3. The van der Waals surface area contributed by atoms with Crippen molar-refractivity contribution in [1.29, 1.82) is 0 Å². The van der Waals surface area contributed by atoms with Gasteiger partial charge in [-0.05, 0) is 12.1 Å². The Morgan fingerprint density at radius 1 is 1.00 bits per heavy atom. The van der Waals surface area contributed by atoms with Gasteiger partial charge in [0.25, 0.3) is 0 Å². The highest BCUT2D eigenvalue weighted by Gasteiger charge is 2.35. The fraction of sp³-hybridized carbons (Fsp3) is 0.214. The van der Waals surface area contributed by atoms with Crippen LogP contribution in [0.25, 0.3) is 11.3 Å². The smallest absolute Gasteiger partial charge is 0.254 e. The monoisotopic (exact) mass is 462 g/mol. The largest absolute Gasteiger partial charge is 0.419 e. The molecule has 148 valence electrons. The molecule has 0 N–H and O–H groups in total. The van der Waals surface area contributed by atoms with E-state index in [4.69, 9.17) is 23.2 Å². The van der Waals surface area contributed by atoms with Gasteiger partial charge in [-0.25, -0.2) is 16.8 Å². The third-order valence-corrected chi connectivity index (χ3v) is 7.31. The lowest BCUT2D eigenvalue weighted by Gasteiger charge is -2.20. The van der Waals surface area contributed by atoms with Gasteiger partial charge in [-0.1, -0.05) is 35.3 Å². The van der Waals surface area contributed by atoms with Crippen molar-refractivity contribution in [3.8, 4) is 11.3 Å². The van der Waals surface area contributed by atoms with Crippen LogP contribution in [-0.2, 0) is 26.2 Å². The number of rotatable bonds is 4. The first-order valence-corrected chi connectivity index (χ1v) is 11.3. The van der Waals surface area contributed by atoms with Gasteiger partial charge in [0.2, 0.25) is 20.0 Å². The summed E-state index contributed by atoms with van der Waals surface area (Å²) in [5, 5.41) is -1.28. The molecule has 0 spiro atoms. The highest BCUT2D eigenvalue weighted by Crippen LogP contribution is 2.41. The molecule has 27 heavy (non-hydrogen) atoms. The van der Waals surface area contributed by atoms with E-state index in [1.165, 1.54) is 18.2 Å². The molecule has 0 saturated carbocycles. The van der Waals surface area contributed by atoms with Gasteiger partial charge < -0.3 is 0 Å². The van der Waals surface area contributed by atoms with Gasteiger partial charge in [-0.2, -0.15) is 16.9 Å². The summed E-state index contributed by atoms with van der Waals surface area (Å²) in [6, 6.07) is 4.98. The van der Waals surface area contributed by atoms with E-state index < -0.39 is 41.8 Å². The Morgan fingerprint density at radius 3 is 2.04 bits per heavy atom. The molecule has 0 aliphatic carbocycles. The predicted molar refractivity (Wildman–Crippen MR) is 96.9 cm³/mol. The van der Waals surface area contributed by atoms with Crippen LogP contribution in [0.15, 0.2) is 30.5 Å². The van der Waals surface area contributed by atoms with Gasteiger partial charge in [-0.15, -0.1) is 0 Å².